The van der Waals surface area contributed by atoms with Crippen molar-refractivity contribution in [2.75, 3.05) is 0 Å². The van der Waals surface area contributed by atoms with Gasteiger partial charge in [0.05, 0.1) is 0 Å². The smallest absolute Gasteiger partial charge is 0.147 e. The van der Waals surface area contributed by atoms with Gasteiger partial charge in [-0.25, -0.2) is 0 Å². The van der Waals surface area contributed by atoms with Crippen LogP contribution in [0, 0.1) is 0 Å². The number of hydrogen-bond acceptors (Lipinski definition) is 0. The van der Waals surface area contributed by atoms with E-state index in [0.717, 1.165) is 12.8 Å². The summed E-state index contributed by atoms with van der Waals surface area (Å²) in [5.41, 5.74) is 10.9. The van der Waals surface area contributed by atoms with Gasteiger partial charge in [0, 0.05) is 0 Å². The molecule has 0 heterocycles. The summed E-state index contributed by atoms with van der Waals surface area (Å²) in [4.78, 5) is 0. The number of fused-ring (bicyclic) bond motifs is 6. The molecule has 39 heavy (non-hydrogen) atoms. The molecule has 0 radical (unpaired) electrons. The summed E-state index contributed by atoms with van der Waals surface area (Å²) in [6.45, 7) is 7.31. The van der Waals surface area contributed by atoms with Gasteiger partial charge in [-0.1, -0.05) is 0 Å². The molecule has 5 aromatic carbocycles. The fraction of sp³-hybridized carbons (Fsp3) is 0.143. The van der Waals surface area contributed by atoms with Gasteiger partial charge in [-0.3, -0.25) is 0 Å². The van der Waals surface area contributed by atoms with Gasteiger partial charge in [0.2, 0.25) is 0 Å². The van der Waals surface area contributed by atoms with Gasteiger partial charge >= 0.3 is 227 Å². The molecule has 5 aromatic rings. The molecule has 0 aromatic heterocycles. The SMILES string of the molecule is CC1=[C]([Zr](=[SiH2])([CH2]c2ccccc2)[C]2=C(C)Cc3ccc4ccccc4c32)c2c(ccc3ccccc23)C1.Cl.Cl. The molecule has 0 saturated carbocycles. The monoisotopic (exact) mass is 641 g/mol. The van der Waals surface area contributed by atoms with E-state index in [0.29, 0.717) is 0 Å². The molecule has 0 saturated heterocycles. The second kappa shape index (κ2) is 11.0. The molecule has 2 aliphatic carbocycles. The van der Waals surface area contributed by atoms with Crippen LogP contribution in [0.5, 0.6) is 0 Å². The third-order valence-corrected chi connectivity index (χ3v) is 24.8. The molecule has 0 bridgehead atoms. The predicted octanol–water partition coefficient (Wildman–Crippen LogP) is 9.01. The Labute approximate surface area is 249 Å². The molecule has 4 heteroatoms. The molecule has 0 nitrogen and oxygen atoms in total. The Morgan fingerprint density at radius 3 is 1.49 bits per heavy atom. The van der Waals surface area contributed by atoms with Crippen molar-refractivity contribution in [3.8, 4) is 0 Å². The summed E-state index contributed by atoms with van der Waals surface area (Å²) in [7, 11) is 0. The zero-order valence-corrected chi connectivity index (χ0v) is 28.0. The third kappa shape index (κ3) is 4.54. The first-order chi connectivity index (χ1) is 18.0. The Hall–Kier alpha value is -2.22. The van der Waals surface area contributed by atoms with E-state index in [-0.39, 0.29) is 24.8 Å². The predicted molar refractivity (Wildman–Crippen MR) is 174 cm³/mol. The quantitative estimate of drug-likeness (QED) is 0.172. The summed E-state index contributed by atoms with van der Waals surface area (Å²) in [6, 6.07) is 38.9. The minimum Gasteiger partial charge on any atom is -0.147 e. The van der Waals surface area contributed by atoms with Crippen molar-refractivity contribution in [1.29, 1.82) is 0 Å². The second-order valence-corrected chi connectivity index (χ2v) is 26.8. The molecule has 0 fully saturated rings. The van der Waals surface area contributed by atoms with Crippen molar-refractivity contribution in [2.24, 2.45) is 0 Å². The Kier molecular flexibility index (Phi) is 7.97. The summed E-state index contributed by atoms with van der Waals surface area (Å²) in [5.74, 6) is 0. The molecular formula is C35H33Cl2SiZr. The van der Waals surface area contributed by atoms with Crippen LogP contribution >= 0.6 is 24.8 Å². The average molecular weight is 644 g/mol. The van der Waals surface area contributed by atoms with Gasteiger partial charge in [-0.05, 0) is 0 Å². The van der Waals surface area contributed by atoms with Crippen LogP contribution in [0.15, 0.2) is 114 Å². The van der Waals surface area contributed by atoms with Crippen molar-refractivity contribution in [3.05, 3.63) is 142 Å². The van der Waals surface area contributed by atoms with Crippen molar-refractivity contribution >= 4 is 59.8 Å². The van der Waals surface area contributed by atoms with Crippen LogP contribution in [0.2, 0.25) is 0 Å². The Morgan fingerprint density at radius 2 is 1.00 bits per heavy atom. The van der Waals surface area contributed by atoms with E-state index in [1.54, 1.807) is 28.8 Å². The van der Waals surface area contributed by atoms with Gasteiger partial charge in [0.15, 0.2) is 0 Å². The number of rotatable bonds is 4. The number of hydrogen-bond donors (Lipinski definition) is 0. The average Bonchev–Trinajstić information content (AvgIpc) is 3.46. The van der Waals surface area contributed by atoms with E-state index < -0.39 is 18.9 Å². The number of halogens is 2. The maximum Gasteiger partial charge on any atom is -0.147 e. The maximum atomic E-state index is 2.44. The van der Waals surface area contributed by atoms with Gasteiger partial charge < -0.3 is 0 Å². The third-order valence-electron chi connectivity index (χ3n) is 8.60. The molecule has 0 amide bonds. The zero-order chi connectivity index (χ0) is 25.1. The topological polar surface area (TPSA) is 0 Å². The summed E-state index contributed by atoms with van der Waals surface area (Å²) in [6.07, 6.45) is 2.19. The van der Waals surface area contributed by atoms with Gasteiger partial charge in [-0.15, -0.1) is 24.8 Å². The van der Waals surface area contributed by atoms with E-state index in [9.17, 15) is 0 Å². The fourth-order valence-corrected chi connectivity index (χ4v) is 26.6. The molecule has 7 rings (SSSR count). The summed E-state index contributed by atoms with van der Waals surface area (Å²) >= 11 is -3.26. The normalized spacial score (nSPS) is 14.3. The number of allylic oxidation sites excluding steroid dienone is 2. The molecule has 0 N–H and O–H groups in total. The van der Waals surface area contributed by atoms with Crippen molar-refractivity contribution in [2.45, 2.75) is 30.8 Å². The minimum absolute atomic E-state index is 0. The van der Waals surface area contributed by atoms with Crippen LogP contribution in [-0.2, 0) is 35.9 Å². The Morgan fingerprint density at radius 1 is 0.564 bits per heavy atom. The van der Waals surface area contributed by atoms with Gasteiger partial charge in [0.1, 0.15) is 0 Å². The van der Waals surface area contributed by atoms with Crippen LogP contribution in [0.4, 0.5) is 0 Å². The van der Waals surface area contributed by atoms with E-state index in [1.165, 1.54) is 42.4 Å². The summed E-state index contributed by atoms with van der Waals surface area (Å²) in [5, 5.41) is 5.63. The first kappa shape index (κ1) is 28.3. The van der Waals surface area contributed by atoms with Crippen molar-refractivity contribution in [3.63, 3.8) is 0 Å². The second-order valence-electron chi connectivity index (χ2n) is 11.1. The van der Waals surface area contributed by atoms with Crippen LogP contribution < -0.4 is 0 Å². The van der Waals surface area contributed by atoms with Crippen molar-refractivity contribution < 1.29 is 18.9 Å². The van der Waals surface area contributed by atoms with Gasteiger partial charge in [-0.2, -0.15) is 0 Å². The van der Waals surface area contributed by atoms with E-state index in [1.807, 2.05) is 0 Å². The molecule has 2 aliphatic rings. The molecular weight excluding hydrogens is 611 g/mol. The zero-order valence-electron chi connectivity index (χ0n) is 22.5. The molecule has 195 valence electrons. The minimum atomic E-state index is -3.26. The molecule has 0 unspecified atom stereocenters. The summed E-state index contributed by atoms with van der Waals surface area (Å²) < 4.78 is 4.73. The van der Waals surface area contributed by atoms with Gasteiger partial charge in [0.25, 0.3) is 0 Å². The van der Waals surface area contributed by atoms with E-state index in [2.05, 4.69) is 124 Å². The first-order valence-corrected chi connectivity index (χ1v) is 23.5. The standard InChI is InChI=1S/2C14H11.C7H7.2ClH.H2Si.Zr/c2*1-10-8-12-7-6-11-4-2-3-5-13(11)14(12)9-10;1-7-5-3-2-4-6-7;;;;/h2*2-7H,8H2,1H3;2-6H,1H2;2*1H;1H2;. The van der Waals surface area contributed by atoms with Crippen LogP contribution in [0.1, 0.15) is 41.7 Å². The van der Waals surface area contributed by atoms with Crippen LogP contribution in [-0.4, -0.2) is 6.88 Å². The molecule has 0 atom stereocenters. The molecule has 0 aliphatic heterocycles. The number of benzene rings is 5. The van der Waals surface area contributed by atoms with E-state index in [4.69, 9.17) is 0 Å². The Balaban J connectivity index is 0.00000154. The van der Waals surface area contributed by atoms with Crippen LogP contribution in [0.25, 0.3) is 28.1 Å². The van der Waals surface area contributed by atoms with Crippen molar-refractivity contribution in [1.82, 2.24) is 0 Å². The van der Waals surface area contributed by atoms with E-state index >= 15 is 0 Å². The molecule has 0 spiro atoms. The Bertz CT molecular complexity index is 1740. The maximum absolute atomic E-state index is 3.26. The first-order valence-electron chi connectivity index (χ1n) is 13.4. The fourth-order valence-electron chi connectivity index (χ4n) is 7.23. The van der Waals surface area contributed by atoms with Crippen LogP contribution in [0.3, 0.4) is 0 Å². The largest absolute Gasteiger partial charge is 0.147 e.